The van der Waals surface area contributed by atoms with Crippen LogP contribution >= 0.6 is 11.3 Å². The number of hydrogen-bond acceptors (Lipinski definition) is 6. The highest BCUT2D eigenvalue weighted by atomic mass is 32.2. The van der Waals surface area contributed by atoms with E-state index >= 15 is 0 Å². The fourth-order valence-electron chi connectivity index (χ4n) is 2.59. The van der Waals surface area contributed by atoms with Crippen molar-refractivity contribution < 1.29 is 8.42 Å². The molecule has 0 unspecified atom stereocenters. The Labute approximate surface area is 154 Å². The van der Waals surface area contributed by atoms with Crippen molar-refractivity contribution in [2.45, 2.75) is 17.9 Å². The van der Waals surface area contributed by atoms with Gasteiger partial charge in [0.05, 0.1) is 27.7 Å². The molecule has 0 saturated heterocycles. The Morgan fingerprint density at radius 1 is 1.12 bits per heavy atom. The number of benzene rings is 1. The van der Waals surface area contributed by atoms with Gasteiger partial charge < -0.3 is 0 Å². The van der Waals surface area contributed by atoms with Crippen LogP contribution in [-0.4, -0.2) is 28.6 Å². The van der Waals surface area contributed by atoms with Crippen molar-refractivity contribution in [3.05, 3.63) is 70.6 Å². The van der Waals surface area contributed by atoms with E-state index in [1.165, 1.54) is 0 Å². The zero-order chi connectivity index (χ0) is 18.0. The number of thiazole rings is 1. The Bertz CT molecular complexity index is 1120. The summed E-state index contributed by atoms with van der Waals surface area (Å²) in [4.78, 5) is 8.59. The Kier molecular flexibility index (Phi) is 4.49. The molecule has 4 rings (SSSR count). The van der Waals surface area contributed by atoms with Crippen molar-refractivity contribution >= 4 is 32.3 Å². The smallest absolute Gasteiger partial charge is 0.240 e. The molecule has 0 saturated carbocycles. The van der Waals surface area contributed by atoms with Gasteiger partial charge in [0.1, 0.15) is 0 Å². The Morgan fingerprint density at radius 2 is 2.04 bits per heavy atom. The minimum Gasteiger partial charge on any atom is -0.281 e. The molecule has 132 valence electrons. The maximum absolute atomic E-state index is 12.6. The molecular formula is C17H15N5O2S2. The molecule has 0 atom stereocenters. The van der Waals surface area contributed by atoms with Gasteiger partial charge in [-0.05, 0) is 30.3 Å². The van der Waals surface area contributed by atoms with Crippen LogP contribution in [-0.2, 0) is 23.0 Å². The van der Waals surface area contributed by atoms with E-state index in [1.54, 1.807) is 54.1 Å². The Hall–Kier alpha value is -2.62. The first-order chi connectivity index (χ1) is 12.6. The van der Waals surface area contributed by atoms with Crippen LogP contribution in [0.15, 0.2) is 59.1 Å². The topological polar surface area (TPSA) is 101 Å². The summed E-state index contributed by atoms with van der Waals surface area (Å²) in [5.74, 6) is 0. The van der Waals surface area contributed by atoms with E-state index in [2.05, 4.69) is 24.9 Å². The first-order valence-corrected chi connectivity index (χ1v) is 10.2. The minimum absolute atomic E-state index is 0.137. The van der Waals surface area contributed by atoms with Crippen molar-refractivity contribution in [2.24, 2.45) is 0 Å². The van der Waals surface area contributed by atoms with Gasteiger partial charge in [-0.1, -0.05) is 6.07 Å². The summed E-state index contributed by atoms with van der Waals surface area (Å²) in [5.41, 5.74) is 2.22. The molecular weight excluding hydrogens is 370 g/mol. The molecule has 0 bridgehead atoms. The second-order valence-corrected chi connectivity index (χ2v) is 8.38. The molecule has 0 aliphatic carbocycles. The maximum Gasteiger partial charge on any atom is 0.240 e. The number of H-pyrrole nitrogens is 1. The number of pyridine rings is 1. The number of nitrogens with one attached hydrogen (secondary N) is 2. The van der Waals surface area contributed by atoms with Crippen LogP contribution in [0.25, 0.3) is 10.9 Å². The highest BCUT2D eigenvalue weighted by Gasteiger charge is 2.17. The summed E-state index contributed by atoms with van der Waals surface area (Å²) < 4.78 is 27.8. The summed E-state index contributed by atoms with van der Waals surface area (Å²) >= 11 is 1.55. The van der Waals surface area contributed by atoms with Crippen molar-refractivity contribution in [2.75, 3.05) is 0 Å². The number of fused-ring (bicyclic) bond motifs is 1. The number of sulfonamides is 1. The van der Waals surface area contributed by atoms with Gasteiger partial charge in [-0.3, -0.25) is 10.1 Å². The summed E-state index contributed by atoms with van der Waals surface area (Å²) in [7, 11) is -3.65. The SMILES string of the molecule is O=S(=O)(NCc1ccccn1)c1ccc2n[nH]c(Cc3nccs3)c2c1. The average molecular weight is 385 g/mol. The molecule has 3 aromatic heterocycles. The normalized spacial score (nSPS) is 11.8. The molecule has 4 aromatic rings. The third-order valence-corrected chi connectivity index (χ3v) is 6.07. The predicted octanol–water partition coefficient (Wildman–Crippen LogP) is 2.48. The summed E-state index contributed by atoms with van der Waals surface area (Å²) in [5, 5.41) is 10.9. The molecule has 0 radical (unpaired) electrons. The highest BCUT2D eigenvalue weighted by molar-refractivity contribution is 7.89. The molecule has 0 fully saturated rings. The molecule has 3 heterocycles. The molecule has 0 spiro atoms. The third kappa shape index (κ3) is 3.50. The molecule has 0 aliphatic rings. The molecule has 1 aromatic carbocycles. The van der Waals surface area contributed by atoms with E-state index in [1.807, 2.05) is 11.4 Å². The van der Waals surface area contributed by atoms with Gasteiger partial charge in [0.15, 0.2) is 0 Å². The van der Waals surface area contributed by atoms with Crippen LogP contribution in [0.2, 0.25) is 0 Å². The Morgan fingerprint density at radius 3 is 2.81 bits per heavy atom. The zero-order valence-electron chi connectivity index (χ0n) is 13.6. The van der Waals surface area contributed by atoms with Gasteiger partial charge in [0, 0.05) is 35.3 Å². The first kappa shape index (κ1) is 16.8. The number of hydrogen-bond donors (Lipinski definition) is 2. The molecule has 7 nitrogen and oxygen atoms in total. The third-order valence-electron chi connectivity index (χ3n) is 3.90. The van der Waals surface area contributed by atoms with Gasteiger partial charge in [0.2, 0.25) is 10.0 Å². The largest absolute Gasteiger partial charge is 0.281 e. The van der Waals surface area contributed by atoms with Crippen molar-refractivity contribution in [1.29, 1.82) is 0 Å². The second kappa shape index (κ2) is 6.94. The van der Waals surface area contributed by atoms with Crippen LogP contribution in [0.1, 0.15) is 16.4 Å². The Balaban J connectivity index is 1.61. The fraction of sp³-hybridized carbons (Fsp3) is 0.118. The van der Waals surface area contributed by atoms with E-state index in [9.17, 15) is 8.42 Å². The van der Waals surface area contributed by atoms with E-state index < -0.39 is 10.0 Å². The van der Waals surface area contributed by atoms with Crippen LogP contribution in [0.4, 0.5) is 0 Å². The van der Waals surface area contributed by atoms with Crippen molar-refractivity contribution in [3.8, 4) is 0 Å². The highest BCUT2D eigenvalue weighted by Crippen LogP contribution is 2.23. The summed E-state index contributed by atoms with van der Waals surface area (Å²) in [6, 6.07) is 10.3. The van der Waals surface area contributed by atoms with Crippen LogP contribution in [0.3, 0.4) is 0 Å². The number of aromatic amines is 1. The zero-order valence-corrected chi connectivity index (χ0v) is 15.2. The van der Waals surface area contributed by atoms with Gasteiger partial charge in [0.25, 0.3) is 0 Å². The van der Waals surface area contributed by atoms with E-state index in [0.29, 0.717) is 12.1 Å². The lowest BCUT2D eigenvalue weighted by Crippen LogP contribution is -2.23. The fourth-order valence-corrected chi connectivity index (χ4v) is 4.24. The molecule has 0 aliphatic heterocycles. The van der Waals surface area contributed by atoms with Crippen LogP contribution in [0.5, 0.6) is 0 Å². The lowest BCUT2D eigenvalue weighted by molar-refractivity contribution is 0.580. The molecule has 9 heteroatoms. The van der Waals surface area contributed by atoms with Crippen LogP contribution < -0.4 is 4.72 Å². The lowest BCUT2D eigenvalue weighted by Gasteiger charge is -2.07. The molecule has 0 amide bonds. The minimum atomic E-state index is -3.65. The van der Waals surface area contributed by atoms with Gasteiger partial charge in [-0.25, -0.2) is 18.1 Å². The number of nitrogens with zero attached hydrogens (tertiary/aromatic N) is 3. The second-order valence-electron chi connectivity index (χ2n) is 5.63. The standard InChI is InChI=1S/C17H15N5O2S2/c23-26(24,20-11-12-3-1-2-6-18-12)13-4-5-15-14(9-13)16(22-21-15)10-17-19-7-8-25-17/h1-9,20H,10-11H2,(H,21,22). The van der Waals surface area contributed by atoms with Crippen LogP contribution in [0, 0.1) is 0 Å². The summed E-state index contributed by atoms with van der Waals surface area (Å²) in [6.07, 6.45) is 3.96. The van der Waals surface area contributed by atoms with E-state index in [0.717, 1.165) is 21.6 Å². The number of rotatable bonds is 6. The predicted molar refractivity (Wildman–Crippen MR) is 99.3 cm³/mol. The van der Waals surface area contributed by atoms with E-state index in [-0.39, 0.29) is 11.4 Å². The van der Waals surface area contributed by atoms with Gasteiger partial charge >= 0.3 is 0 Å². The monoisotopic (exact) mass is 385 g/mol. The quantitative estimate of drug-likeness (QED) is 0.531. The van der Waals surface area contributed by atoms with Crippen molar-refractivity contribution in [1.82, 2.24) is 24.9 Å². The van der Waals surface area contributed by atoms with Gasteiger partial charge in [-0.15, -0.1) is 11.3 Å². The average Bonchev–Trinajstić information content (AvgIpc) is 3.31. The maximum atomic E-state index is 12.6. The molecule has 2 N–H and O–H groups in total. The first-order valence-electron chi connectivity index (χ1n) is 7.87. The van der Waals surface area contributed by atoms with Gasteiger partial charge in [-0.2, -0.15) is 5.10 Å². The van der Waals surface area contributed by atoms with Crippen molar-refractivity contribution in [3.63, 3.8) is 0 Å². The van der Waals surface area contributed by atoms with E-state index in [4.69, 9.17) is 0 Å². The molecule has 26 heavy (non-hydrogen) atoms. The summed E-state index contributed by atoms with van der Waals surface area (Å²) in [6.45, 7) is 0.137. The lowest BCUT2D eigenvalue weighted by atomic mass is 10.2. The number of aromatic nitrogens is 4.